The fourth-order valence-electron chi connectivity index (χ4n) is 1.58. The molecule has 0 fully saturated rings. The predicted octanol–water partition coefficient (Wildman–Crippen LogP) is 3.49. The number of likely N-dealkylation sites (N-methyl/N-ethyl adjacent to an activating group) is 1. The van der Waals surface area contributed by atoms with Gasteiger partial charge in [0.2, 0.25) is 0 Å². The second-order valence-electron chi connectivity index (χ2n) is 4.04. The molecule has 0 spiro atoms. The van der Waals surface area contributed by atoms with E-state index in [9.17, 15) is 0 Å². The minimum absolute atomic E-state index is 0.0242. The summed E-state index contributed by atoms with van der Waals surface area (Å²) in [6, 6.07) is 5.65. The lowest BCUT2D eigenvalue weighted by molar-refractivity contribution is 0.494. The van der Waals surface area contributed by atoms with Crippen LogP contribution in [0.25, 0.3) is 0 Å². The van der Waals surface area contributed by atoms with Gasteiger partial charge < -0.3 is 5.32 Å². The fourth-order valence-corrected chi connectivity index (χ4v) is 2.24. The summed E-state index contributed by atoms with van der Waals surface area (Å²) in [6.45, 7) is 5.19. The first-order chi connectivity index (χ1) is 6.47. The van der Waals surface area contributed by atoms with Crippen molar-refractivity contribution in [3.63, 3.8) is 0 Å². The van der Waals surface area contributed by atoms with Gasteiger partial charge in [0.15, 0.2) is 0 Å². The number of rotatable bonds is 3. The van der Waals surface area contributed by atoms with E-state index in [1.807, 2.05) is 19.2 Å². The molecule has 78 valence electrons. The molecule has 0 aliphatic rings. The topological polar surface area (TPSA) is 12.0 Å². The average Bonchev–Trinajstić information content (AvgIpc) is 2.02. The highest BCUT2D eigenvalue weighted by atomic mass is 35.5. The zero-order valence-electron chi connectivity index (χ0n) is 8.70. The molecule has 0 saturated heterocycles. The van der Waals surface area contributed by atoms with Crippen LogP contribution >= 0.6 is 23.2 Å². The van der Waals surface area contributed by atoms with Crippen LogP contribution in [0.15, 0.2) is 18.2 Å². The lowest BCUT2D eigenvalue weighted by Crippen LogP contribution is -2.30. The van der Waals surface area contributed by atoms with Crippen molar-refractivity contribution in [2.75, 3.05) is 13.6 Å². The molecule has 0 amide bonds. The third-order valence-corrected chi connectivity index (χ3v) is 2.83. The molecular formula is C11H15Cl2N. The van der Waals surface area contributed by atoms with E-state index in [2.05, 4.69) is 19.2 Å². The van der Waals surface area contributed by atoms with Crippen molar-refractivity contribution in [2.45, 2.75) is 19.3 Å². The minimum atomic E-state index is 0.0242. The Bertz CT molecular complexity index is 321. The van der Waals surface area contributed by atoms with Crippen molar-refractivity contribution in [2.24, 2.45) is 0 Å². The lowest BCUT2D eigenvalue weighted by Gasteiger charge is -2.26. The van der Waals surface area contributed by atoms with E-state index in [0.717, 1.165) is 17.1 Å². The number of benzene rings is 1. The molecule has 3 heteroatoms. The summed E-state index contributed by atoms with van der Waals surface area (Å²) in [5.41, 5.74) is 1.15. The standard InChI is InChI=1S/C11H15Cl2N/c1-11(2,7-14-3)9-5-4-8(12)6-10(9)13/h4-6,14H,7H2,1-3H3. The van der Waals surface area contributed by atoms with E-state index in [1.54, 1.807) is 6.07 Å². The Hall–Kier alpha value is -0.240. The van der Waals surface area contributed by atoms with E-state index >= 15 is 0 Å². The SMILES string of the molecule is CNCC(C)(C)c1ccc(Cl)cc1Cl. The summed E-state index contributed by atoms with van der Waals surface area (Å²) in [5.74, 6) is 0. The zero-order chi connectivity index (χ0) is 10.8. The van der Waals surface area contributed by atoms with Gasteiger partial charge in [-0.2, -0.15) is 0 Å². The third kappa shape index (κ3) is 2.63. The van der Waals surface area contributed by atoms with E-state index in [-0.39, 0.29) is 5.41 Å². The molecule has 1 aromatic rings. The van der Waals surface area contributed by atoms with E-state index in [1.165, 1.54) is 0 Å². The summed E-state index contributed by atoms with van der Waals surface area (Å²) in [6.07, 6.45) is 0. The maximum atomic E-state index is 6.14. The van der Waals surface area contributed by atoms with Gasteiger partial charge in [-0.25, -0.2) is 0 Å². The van der Waals surface area contributed by atoms with Crippen LogP contribution in [0.4, 0.5) is 0 Å². The fraction of sp³-hybridized carbons (Fsp3) is 0.455. The van der Waals surface area contributed by atoms with E-state index < -0.39 is 0 Å². The highest BCUT2D eigenvalue weighted by molar-refractivity contribution is 6.35. The molecule has 14 heavy (non-hydrogen) atoms. The quantitative estimate of drug-likeness (QED) is 0.841. The van der Waals surface area contributed by atoms with Gasteiger partial charge in [0, 0.05) is 22.0 Å². The van der Waals surface area contributed by atoms with Crippen molar-refractivity contribution in [3.05, 3.63) is 33.8 Å². The summed E-state index contributed by atoms with van der Waals surface area (Å²) in [4.78, 5) is 0. The zero-order valence-corrected chi connectivity index (χ0v) is 10.2. The van der Waals surface area contributed by atoms with Crippen LogP contribution < -0.4 is 5.32 Å². The Balaban J connectivity index is 3.06. The Labute approximate surface area is 95.4 Å². The lowest BCUT2D eigenvalue weighted by atomic mass is 9.84. The van der Waals surface area contributed by atoms with Crippen molar-refractivity contribution in [1.82, 2.24) is 5.32 Å². The van der Waals surface area contributed by atoms with Crippen LogP contribution in [0.2, 0.25) is 10.0 Å². The van der Waals surface area contributed by atoms with Crippen molar-refractivity contribution < 1.29 is 0 Å². The van der Waals surface area contributed by atoms with Crippen LogP contribution in [-0.2, 0) is 5.41 Å². The van der Waals surface area contributed by atoms with Crippen LogP contribution in [0.5, 0.6) is 0 Å². The monoisotopic (exact) mass is 231 g/mol. The summed E-state index contributed by atoms with van der Waals surface area (Å²) < 4.78 is 0. The molecule has 1 nitrogen and oxygen atoms in total. The molecule has 0 aromatic heterocycles. The van der Waals surface area contributed by atoms with Gasteiger partial charge in [0.05, 0.1) is 0 Å². The smallest absolute Gasteiger partial charge is 0.0458 e. The van der Waals surface area contributed by atoms with Crippen LogP contribution in [0.3, 0.4) is 0 Å². The molecule has 0 bridgehead atoms. The highest BCUT2D eigenvalue weighted by Gasteiger charge is 2.22. The van der Waals surface area contributed by atoms with Gasteiger partial charge in [-0.05, 0) is 24.7 Å². The molecule has 0 aliphatic heterocycles. The maximum absolute atomic E-state index is 6.14. The minimum Gasteiger partial charge on any atom is -0.319 e. The Kier molecular flexibility index (Phi) is 3.82. The Morgan fingerprint density at radius 3 is 2.43 bits per heavy atom. The van der Waals surface area contributed by atoms with Gasteiger partial charge in [-0.1, -0.05) is 43.1 Å². The van der Waals surface area contributed by atoms with Crippen molar-refractivity contribution >= 4 is 23.2 Å². The molecule has 0 aliphatic carbocycles. The first kappa shape index (κ1) is 11.8. The van der Waals surface area contributed by atoms with Crippen LogP contribution in [-0.4, -0.2) is 13.6 Å². The van der Waals surface area contributed by atoms with Gasteiger partial charge >= 0.3 is 0 Å². The molecule has 0 atom stereocenters. The number of nitrogens with one attached hydrogen (secondary N) is 1. The van der Waals surface area contributed by atoms with Crippen molar-refractivity contribution in [1.29, 1.82) is 0 Å². The third-order valence-electron chi connectivity index (χ3n) is 2.28. The van der Waals surface area contributed by atoms with Gasteiger partial charge in [0.25, 0.3) is 0 Å². The summed E-state index contributed by atoms with van der Waals surface area (Å²) >= 11 is 12.0. The summed E-state index contributed by atoms with van der Waals surface area (Å²) in [5, 5.41) is 4.57. The molecule has 1 aromatic carbocycles. The highest BCUT2D eigenvalue weighted by Crippen LogP contribution is 2.31. The number of hydrogen-bond donors (Lipinski definition) is 1. The largest absolute Gasteiger partial charge is 0.319 e. The predicted molar refractivity (Wildman–Crippen MR) is 63.4 cm³/mol. The van der Waals surface area contributed by atoms with E-state index in [4.69, 9.17) is 23.2 Å². The number of halogens is 2. The molecular weight excluding hydrogens is 217 g/mol. The number of hydrogen-bond acceptors (Lipinski definition) is 1. The normalized spacial score (nSPS) is 11.8. The Morgan fingerprint density at radius 1 is 1.29 bits per heavy atom. The molecule has 0 unspecified atom stereocenters. The van der Waals surface area contributed by atoms with Crippen LogP contribution in [0.1, 0.15) is 19.4 Å². The molecule has 1 rings (SSSR count). The second-order valence-corrected chi connectivity index (χ2v) is 4.88. The Morgan fingerprint density at radius 2 is 1.93 bits per heavy atom. The molecule has 1 N–H and O–H groups in total. The first-order valence-corrected chi connectivity index (χ1v) is 5.33. The maximum Gasteiger partial charge on any atom is 0.0458 e. The van der Waals surface area contributed by atoms with Gasteiger partial charge in [-0.3, -0.25) is 0 Å². The van der Waals surface area contributed by atoms with Gasteiger partial charge in [0.1, 0.15) is 0 Å². The molecule has 0 saturated carbocycles. The first-order valence-electron chi connectivity index (χ1n) is 4.57. The molecule has 0 radical (unpaired) electrons. The average molecular weight is 232 g/mol. The van der Waals surface area contributed by atoms with Crippen molar-refractivity contribution in [3.8, 4) is 0 Å². The second kappa shape index (κ2) is 4.52. The van der Waals surface area contributed by atoms with Gasteiger partial charge in [-0.15, -0.1) is 0 Å². The van der Waals surface area contributed by atoms with Crippen LogP contribution in [0, 0.1) is 0 Å². The summed E-state index contributed by atoms with van der Waals surface area (Å²) in [7, 11) is 1.94. The molecule has 0 heterocycles. The van der Waals surface area contributed by atoms with E-state index in [0.29, 0.717) is 5.02 Å².